The van der Waals surface area contributed by atoms with Crippen LogP contribution in [0, 0.1) is 12.7 Å². The standard InChI is InChI=1S/C32H36ClFN6O2/c1-8-27(42)38-16-21(5)40(22(6)17-38)31(35-7)24-15-25(33)29(23-11-9-10-12-26(23)34)37-32(24)39(18-41)30-20(4)13-14-36-28(30)19(2)3/h8-15,18-19,21-22H,1,16-17H2,2-7H3/t21-,22?/m0/s1. The van der Waals surface area contributed by atoms with Crippen molar-refractivity contribution < 1.29 is 14.0 Å². The van der Waals surface area contributed by atoms with E-state index in [2.05, 4.69) is 21.5 Å². The van der Waals surface area contributed by atoms with Crippen molar-refractivity contribution in [3.63, 3.8) is 0 Å². The molecule has 1 aromatic carbocycles. The second-order valence-corrected chi connectivity index (χ2v) is 11.2. The summed E-state index contributed by atoms with van der Waals surface area (Å²) in [6.07, 6.45) is 3.73. The molecular formula is C32H36ClFN6O2. The minimum Gasteiger partial charge on any atom is -0.347 e. The van der Waals surface area contributed by atoms with E-state index < -0.39 is 5.82 Å². The lowest BCUT2D eigenvalue weighted by Gasteiger charge is -2.46. The van der Waals surface area contributed by atoms with Gasteiger partial charge in [0.15, 0.2) is 5.82 Å². The van der Waals surface area contributed by atoms with E-state index in [0.717, 1.165) is 5.56 Å². The van der Waals surface area contributed by atoms with Gasteiger partial charge in [-0.1, -0.05) is 44.2 Å². The molecule has 220 valence electrons. The van der Waals surface area contributed by atoms with Crippen LogP contribution in [0.25, 0.3) is 11.3 Å². The van der Waals surface area contributed by atoms with E-state index in [1.165, 1.54) is 17.0 Å². The van der Waals surface area contributed by atoms with E-state index in [1.807, 2.05) is 40.7 Å². The minimum atomic E-state index is -0.488. The Bertz CT molecular complexity index is 1530. The van der Waals surface area contributed by atoms with Crippen LogP contribution in [0.5, 0.6) is 0 Å². The Hall–Kier alpha value is -4.11. The molecule has 2 amide bonds. The number of rotatable bonds is 7. The monoisotopic (exact) mass is 590 g/mol. The van der Waals surface area contributed by atoms with Crippen LogP contribution >= 0.6 is 11.6 Å². The fourth-order valence-electron chi connectivity index (χ4n) is 5.61. The lowest BCUT2D eigenvalue weighted by Crippen LogP contribution is -2.59. The van der Waals surface area contributed by atoms with Crippen molar-refractivity contribution in [1.29, 1.82) is 0 Å². The van der Waals surface area contributed by atoms with E-state index in [0.29, 0.717) is 42.3 Å². The van der Waals surface area contributed by atoms with Crippen LogP contribution in [0.1, 0.15) is 50.4 Å². The fraction of sp³-hybridized carbons (Fsp3) is 0.344. The maximum absolute atomic E-state index is 15.0. The average molecular weight is 591 g/mol. The summed E-state index contributed by atoms with van der Waals surface area (Å²) in [5.74, 6) is 0.167. The number of aromatic nitrogens is 2. The number of amides is 2. The number of aryl methyl sites for hydroxylation is 1. The highest BCUT2D eigenvalue weighted by atomic mass is 35.5. The Morgan fingerprint density at radius 1 is 1.21 bits per heavy atom. The van der Waals surface area contributed by atoms with E-state index in [9.17, 15) is 9.59 Å². The zero-order valence-electron chi connectivity index (χ0n) is 24.8. The Kier molecular flexibility index (Phi) is 9.41. The second kappa shape index (κ2) is 12.8. The number of pyridine rings is 2. The molecule has 1 aliphatic rings. The largest absolute Gasteiger partial charge is 0.347 e. The predicted molar refractivity (Wildman–Crippen MR) is 166 cm³/mol. The number of carbonyl (C=O) groups excluding carboxylic acids is 2. The number of nitrogens with zero attached hydrogens (tertiary/aromatic N) is 6. The summed E-state index contributed by atoms with van der Waals surface area (Å²) < 4.78 is 15.0. The Morgan fingerprint density at radius 3 is 2.45 bits per heavy atom. The normalized spacial score (nSPS) is 17.4. The maximum atomic E-state index is 15.0. The minimum absolute atomic E-state index is 0.000954. The topological polar surface area (TPSA) is 82.0 Å². The van der Waals surface area contributed by atoms with Crippen molar-refractivity contribution in [1.82, 2.24) is 19.8 Å². The van der Waals surface area contributed by atoms with Crippen molar-refractivity contribution in [3.8, 4) is 11.3 Å². The Balaban J connectivity index is 1.98. The van der Waals surface area contributed by atoms with Crippen molar-refractivity contribution in [2.24, 2.45) is 4.99 Å². The number of halogens is 2. The first-order chi connectivity index (χ1) is 20.0. The number of hydrogen-bond acceptors (Lipinski definition) is 5. The molecule has 0 spiro atoms. The first-order valence-corrected chi connectivity index (χ1v) is 14.2. The number of carbonyl (C=O) groups is 2. The summed E-state index contributed by atoms with van der Waals surface area (Å²) in [5, 5.41) is 0.207. The van der Waals surface area contributed by atoms with Crippen molar-refractivity contribution in [3.05, 3.63) is 82.9 Å². The van der Waals surface area contributed by atoms with Crippen LogP contribution in [0.3, 0.4) is 0 Å². The Morgan fingerprint density at radius 2 is 1.88 bits per heavy atom. The summed E-state index contributed by atoms with van der Waals surface area (Å²) in [7, 11) is 1.67. The van der Waals surface area contributed by atoms with Crippen LogP contribution in [-0.2, 0) is 9.59 Å². The van der Waals surface area contributed by atoms with E-state index in [-0.39, 0.29) is 46.0 Å². The zero-order valence-corrected chi connectivity index (χ0v) is 25.6. The number of amidine groups is 1. The molecule has 3 aromatic rings. The number of hydrogen-bond donors (Lipinski definition) is 0. The third kappa shape index (κ3) is 5.79. The molecule has 1 unspecified atom stereocenters. The van der Waals surface area contributed by atoms with Crippen molar-refractivity contribution in [2.75, 3.05) is 25.0 Å². The molecule has 10 heteroatoms. The molecule has 42 heavy (non-hydrogen) atoms. The highest BCUT2D eigenvalue weighted by molar-refractivity contribution is 6.33. The third-order valence-corrected chi connectivity index (χ3v) is 7.75. The molecule has 0 radical (unpaired) electrons. The number of benzene rings is 1. The molecule has 0 aliphatic carbocycles. The molecule has 0 N–H and O–H groups in total. The second-order valence-electron chi connectivity index (χ2n) is 10.8. The molecule has 3 heterocycles. The van der Waals surface area contributed by atoms with Gasteiger partial charge in [-0.3, -0.25) is 24.5 Å². The summed E-state index contributed by atoms with van der Waals surface area (Å²) >= 11 is 6.83. The van der Waals surface area contributed by atoms with Crippen LogP contribution in [0.15, 0.2) is 60.2 Å². The van der Waals surface area contributed by atoms with E-state index >= 15 is 4.39 Å². The predicted octanol–water partition coefficient (Wildman–Crippen LogP) is 6.15. The summed E-state index contributed by atoms with van der Waals surface area (Å²) in [4.78, 5) is 44.9. The molecule has 2 aromatic heterocycles. The molecule has 2 atom stereocenters. The van der Waals surface area contributed by atoms with Crippen LogP contribution in [-0.4, -0.2) is 70.1 Å². The lowest BCUT2D eigenvalue weighted by molar-refractivity contribution is -0.129. The third-order valence-electron chi connectivity index (χ3n) is 7.46. The average Bonchev–Trinajstić information content (AvgIpc) is 2.96. The van der Waals surface area contributed by atoms with Gasteiger partial charge >= 0.3 is 0 Å². The number of aliphatic imine (C=N–C) groups is 1. The first-order valence-electron chi connectivity index (χ1n) is 13.9. The quantitative estimate of drug-likeness (QED) is 0.143. The maximum Gasteiger partial charge on any atom is 0.246 e. The highest BCUT2D eigenvalue weighted by Crippen LogP contribution is 2.39. The van der Waals surface area contributed by atoms with Gasteiger partial charge in [-0.05, 0) is 62.6 Å². The molecule has 4 rings (SSSR count). The van der Waals surface area contributed by atoms with Gasteiger partial charge in [0.05, 0.1) is 27.7 Å². The molecule has 1 aliphatic heterocycles. The summed E-state index contributed by atoms with van der Waals surface area (Å²) in [6.45, 7) is 14.5. The van der Waals surface area contributed by atoms with Crippen LogP contribution < -0.4 is 4.90 Å². The number of anilines is 2. The summed E-state index contributed by atoms with van der Waals surface area (Å²) in [5.41, 5.74) is 3.04. The molecular weight excluding hydrogens is 555 g/mol. The molecule has 0 bridgehead atoms. The van der Waals surface area contributed by atoms with Crippen LogP contribution in [0.2, 0.25) is 5.02 Å². The highest BCUT2D eigenvalue weighted by Gasteiger charge is 2.36. The van der Waals surface area contributed by atoms with E-state index in [4.69, 9.17) is 16.6 Å². The lowest BCUT2D eigenvalue weighted by atomic mass is 10.0. The van der Waals surface area contributed by atoms with Gasteiger partial charge in [-0.25, -0.2) is 9.37 Å². The first kappa shape index (κ1) is 30.8. The smallest absolute Gasteiger partial charge is 0.246 e. The molecule has 1 saturated heterocycles. The van der Waals surface area contributed by atoms with Gasteiger partial charge in [0.1, 0.15) is 11.7 Å². The van der Waals surface area contributed by atoms with Gasteiger partial charge < -0.3 is 9.80 Å². The van der Waals surface area contributed by atoms with Gasteiger partial charge in [0.25, 0.3) is 0 Å². The zero-order chi connectivity index (χ0) is 30.7. The van der Waals surface area contributed by atoms with Crippen molar-refractivity contribution >= 4 is 41.3 Å². The molecule has 1 fully saturated rings. The summed E-state index contributed by atoms with van der Waals surface area (Å²) in [6, 6.07) is 9.49. The van der Waals surface area contributed by atoms with Gasteiger partial charge in [0, 0.05) is 44.0 Å². The van der Waals surface area contributed by atoms with Gasteiger partial charge in [0.2, 0.25) is 12.3 Å². The van der Waals surface area contributed by atoms with Crippen LogP contribution in [0.4, 0.5) is 15.9 Å². The van der Waals surface area contributed by atoms with Gasteiger partial charge in [-0.15, -0.1) is 0 Å². The van der Waals surface area contributed by atoms with E-state index in [1.54, 1.807) is 42.4 Å². The fourth-order valence-corrected chi connectivity index (χ4v) is 5.86. The Labute approximate surface area is 251 Å². The SMILES string of the molecule is C=CC(=O)N1CC(C)N(C(=NC)c2cc(Cl)c(-c3ccccc3F)nc2N(C=O)c2c(C)ccnc2C(C)C)[C@@H](C)C1. The van der Waals surface area contributed by atoms with Gasteiger partial charge in [-0.2, -0.15) is 0 Å². The van der Waals surface area contributed by atoms with Crippen molar-refractivity contribution in [2.45, 2.75) is 52.6 Å². The number of piperazine rings is 1. The molecule has 8 nitrogen and oxygen atoms in total. The molecule has 0 saturated carbocycles.